The third-order valence-electron chi connectivity index (χ3n) is 3.77. The van der Waals surface area contributed by atoms with E-state index in [4.69, 9.17) is 4.74 Å². The van der Waals surface area contributed by atoms with Gasteiger partial charge in [0, 0.05) is 38.9 Å². The lowest BCUT2D eigenvalue weighted by molar-refractivity contribution is -0.384. The van der Waals surface area contributed by atoms with Crippen molar-refractivity contribution in [2.45, 2.75) is 12.8 Å². The minimum absolute atomic E-state index is 0.0203. The van der Waals surface area contributed by atoms with Gasteiger partial charge < -0.3 is 9.64 Å². The van der Waals surface area contributed by atoms with Gasteiger partial charge in [0.15, 0.2) is 0 Å². The summed E-state index contributed by atoms with van der Waals surface area (Å²) in [5.41, 5.74) is 1.68. The predicted octanol–water partition coefficient (Wildman–Crippen LogP) is 1.45. The summed E-state index contributed by atoms with van der Waals surface area (Å²) in [4.78, 5) is 26.5. The molecule has 0 fully saturated rings. The number of benzene rings is 1. The molecule has 7 heteroatoms. The number of ether oxygens (including phenoxy) is 1. The number of amides is 1. The Morgan fingerprint density at radius 3 is 2.95 bits per heavy atom. The quantitative estimate of drug-likeness (QED) is 0.433. The summed E-state index contributed by atoms with van der Waals surface area (Å²) in [6, 6.07) is 4.72. The smallest absolute Gasteiger partial charge is 0.271 e. The van der Waals surface area contributed by atoms with Crippen LogP contribution in [-0.4, -0.2) is 56.1 Å². The fourth-order valence-corrected chi connectivity index (χ4v) is 2.61. The van der Waals surface area contributed by atoms with Crippen LogP contribution in [0.3, 0.4) is 0 Å². The molecule has 7 nitrogen and oxygen atoms in total. The maximum atomic E-state index is 12.4. The summed E-state index contributed by atoms with van der Waals surface area (Å²) in [7, 11) is 3.54. The van der Waals surface area contributed by atoms with E-state index in [0.717, 1.165) is 24.9 Å². The second-order valence-electron chi connectivity index (χ2n) is 5.45. The summed E-state index contributed by atoms with van der Waals surface area (Å²) in [5.74, 6) is -0.0286. The molecular formula is C15H21N3O4. The van der Waals surface area contributed by atoms with E-state index >= 15 is 0 Å². The number of nitro benzene ring substituents is 1. The van der Waals surface area contributed by atoms with E-state index in [-0.39, 0.29) is 11.6 Å². The molecular weight excluding hydrogens is 286 g/mol. The Balaban J connectivity index is 2.01. The number of hydrogen-bond donors (Lipinski definition) is 0. The molecule has 1 heterocycles. The van der Waals surface area contributed by atoms with Crippen LogP contribution < -0.4 is 4.90 Å². The first-order chi connectivity index (χ1) is 10.5. The van der Waals surface area contributed by atoms with Crippen LogP contribution in [0.5, 0.6) is 0 Å². The van der Waals surface area contributed by atoms with Crippen molar-refractivity contribution in [1.29, 1.82) is 0 Å². The summed E-state index contributed by atoms with van der Waals surface area (Å²) >= 11 is 0. The van der Waals surface area contributed by atoms with Crippen molar-refractivity contribution in [3.8, 4) is 0 Å². The van der Waals surface area contributed by atoms with Gasteiger partial charge in [0.25, 0.3) is 5.69 Å². The molecule has 1 aliphatic rings. The first-order valence-corrected chi connectivity index (χ1v) is 7.28. The Hall–Kier alpha value is -1.99. The minimum Gasteiger partial charge on any atom is -0.385 e. The molecule has 1 amide bonds. The van der Waals surface area contributed by atoms with Crippen LogP contribution in [-0.2, 0) is 16.0 Å². The first-order valence-electron chi connectivity index (χ1n) is 7.28. The van der Waals surface area contributed by atoms with Gasteiger partial charge in [-0.15, -0.1) is 0 Å². The first kappa shape index (κ1) is 16.4. The van der Waals surface area contributed by atoms with Crippen LogP contribution in [0.2, 0.25) is 0 Å². The molecule has 0 bridgehead atoms. The molecule has 2 rings (SSSR count). The van der Waals surface area contributed by atoms with Crippen molar-refractivity contribution in [1.82, 2.24) is 4.90 Å². The Kier molecular flexibility index (Phi) is 5.46. The van der Waals surface area contributed by atoms with Crippen LogP contribution in [0.15, 0.2) is 18.2 Å². The standard InChI is InChI=1S/C15H21N3O4/c1-16(7-3-9-22-2)11-15(19)17-8-6-12-4-5-13(18(20)21)10-14(12)17/h4-5,10H,3,6-9,11H2,1-2H3. The fourth-order valence-electron chi connectivity index (χ4n) is 2.61. The van der Waals surface area contributed by atoms with E-state index in [1.807, 2.05) is 11.9 Å². The van der Waals surface area contributed by atoms with Gasteiger partial charge in [-0.3, -0.25) is 19.8 Å². The number of carbonyl (C=O) groups excluding carboxylic acids is 1. The summed E-state index contributed by atoms with van der Waals surface area (Å²) in [6.07, 6.45) is 1.61. The molecule has 120 valence electrons. The van der Waals surface area contributed by atoms with E-state index in [9.17, 15) is 14.9 Å². The molecule has 0 aromatic heterocycles. The monoisotopic (exact) mass is 307 g/mol. The summed E-state index contributed by atoms with van der Waals surface area (Å²) in [5, 5.41) is 10.9. The topological polar surface area (TPSA) is 75.9 Å². The SMILES string of the molecule is COCCCN(C)CC(=O)N1CCc2ccc([N+](=O)[O-])cc21. The Morgan fingerprint density at radius 2 is 2.27 bits per heavy atom. The number of rotatable bonds is 7. The highest BCUT2D eigenvalue weighted by Gasteiger charge is 2.27. The largest absolute Gasteiger partial charge is 0.385 e. The molecule has 0 aliphatic carbocycles. The lowest BCUT2D eigenvalue weighted by atomic mass is 10.1. The maximum absolute atomic E-state index is 12.4. The van der Waals surface area contributed by atoms with Gasteiger partial charge in [-0.2, -0.15) is 0 Å². The van der Waals surface area contributed by atoms with Crippen molar-refractivity contribution < 1.29 is 14.5 Å². The number of hydrogen-bond acceptors (Lipinski definition) is 5. The van der Waals surface area contributed by atoms with Gasteiger partial charge in [0.2, 0.25) is 5.91 Å². The van der Waals surface area contributed by atoms with E-state index < -0.39 is 4.92 Å². The predicted molar refractivity (Wildman–Crippen MR) is 83.1 cm³/mol. The average molecular weight is 307 g/mol. The second kappa shape index (κ2) is 7.33. The number of anilines is 1. The number of nitro groups is 1. The zero-order valence-corrected chi connectivity index (χ0v) is 12.9. The molecule has 0 spiro atoms. The zero-order valence-electron chi connectivity index (χ0n) is 12.9. The van der Waals surface area contributed by atoms with Gasteiger partial charge in [0.05, 0.1) is 17.2 Å². The number of fused-ring (bicyclic) bond motifs is 1. The van der Waals surface area contributed by atoms with Crippen molar-refractivity contribution in [3.63, 3.8) is 0 Å². The van der Waals surface area contributed by atoms with E-state index in [2.05, 4.69) is 0 Å². The van der Waals surface area contributed by atoms with Crippen LogP contribution >= 0.6 is 0 Å². The highest BCUT2D eigenvalue weighted by Crippen LogP contribution is 2.31. The molecule has 0 unspecified atom stereocenters. The summed E-state index contributed by atoms with van der Waals surface area (Å²) in [6.45, 7) is 2.32. The average Bonchev–Trinajstić information content (AvgIpc) is 2.90. The molecule has 22 heavy (non-hydrogen) atoms. The van der Waals surface area contributed by atoms with Gasteiger partial charge in [-0.05, 0) is 25.5 Å². The Morgan fingerprint density at radius 1 is 1.50 bits per heavy atom. The van der Waals surface area contributed by atoms with Crippen LogP contribution in [0.25, 0.3) is 0 Å². The van der Waals surface area contributed by atoms with Crippen LogP contribution in [0, 0.1) is 10.1 Å². The van der Waals surface area contributed by atoms with Crippen LogP contribution in [0.1, 0.15) is 12.0 Å². The number of nitrogens with zero attached hydrogens (tertiary/aromatic N) is 3. The highest BCUT2D eigenvalue weighted by atomic mass is 16.6. The van der Waals surface area contributed by atoms with Crippen molar-refractivity contribution in [2.24, 2.45) is 0 Å². The molecule has 1 aromatic rings. The van der Waals surface area contributed by atoms with E-state index in [0.29, 0.717) is 25.4 Å². The van der Waals surface area contributed by atoms with Crippen molar-refractivity contribution >= 4 is 17.3 Å². The number of carbonyl (C=O) groups is 1. The second-order valence-corrected chi connectivity index (χ2v) is 5.45. The Bertz CT molecular complexity index is 562. The number of likely N-dealkylation sites (N-methyl/N-ethyl adjacent to an activating group) is 1. The summed E-state index contributed by atoms with van der Waals surface area (Å²) < 4.78 is 4.99. The third kappa shape index (κ3) is 3.80. The lowest BCUT2D eigenvalue weighted by Crippen LogP contribution is -2.38. The molecule has 0 saturated heterocycles. The number of methoxy groups -OCH3 is 1. The molecule has 1 aromatic carbocycles. The minimum atomic E-state index is -0.432. The van der Waals surface area contributed by atoms with Gasteiger partial charge in [-0.1, -0.05) is 6.07 Å². The number of non-ortho nitro benzene ring substituents is 1. The van der Waals surface area contributed by atoms with E-state index in [1.165, 1.54) is 12.1 Å². The van der Waals surface area contributed by atoms with Crippen LogP contribution in [0.4, 0.5) is 11.4 Å². The fraction of sp³-hybridized carbons (Fsp3) is 0.533. The van der Waals surface area contributed by atoms with E-state index in [1.54, 1.807) is 18.1 Å². The molecule has 0 radical (unpaired) electrons. The Labute approximate surface area is 129 Å². The highest BCUT2D eigenvalue weighted by molar-refractivity contribution is 5.97. The third-order valence-corrected chi connectivity index (χ3v) is 3.77. The van der Waals surface area contributed by atoms with Crippen molar-refractivity contribution in [3.05, 3.63) is 33.9 Å². The maximum Gasteiger partial charge on any atom is 0.271 e. The van der Waals surface area contributed by atoms with Gasteiger partial charge in [0.1, 0.15) is 0 Å². The normalized spacial score (nSPS) is 13.5. The van der Waals surface area contributed by atoms with Crippen molar-refractivity contribution in [2.75, 3.05) is 45.3 Å². The van der Waals surface area contributed by atoms with Gasteiger partial charge >= 0.3 is 0 Å². The molecule has 0 saturated carbocycles. The molecule has 0 N–H and O–H groups in total. The van der Waals surface area contributed by atoms with Gasteiger partial charge in [-0.25, -0.2) is 0 Å². The molecule has 1 aliphatic heterocycles. The lowest BCUT2D eigenvalue weighted by Gasteiger charge is -2.22. The zero-order chi connectivity index (χ0) is 16.1. The molecule has 0 atom stereocenters.